The molecule has 3 rings (SSSR count). The van der Waals surface area contributed by atoms with E-state index in [0.717, 1.165) is 12.8 Å². The number of Topliss-reactive ketones (excluding diaryl/α,β-unsaturated/α-hetero) is 2. The van der Waals surface area contributed by atoms with Crippen molar-refractivity contribution in [3.05, 3.63) is 70.8 Å². The molecule has 2 nitrogen and oxygen atoms in total. The van der Waals surface area contributed by atoms with Gasteiger partial charge in [0.2, 0.25) is 0 Å². The molecule has 1 aromatic rings. The average Bonchev–Trinajstić information content (AvgIpc) is 2.36. The van der Waals surface area contributed by atoms with Gasteiger partial charge in [-0.1, -0.05) is 48.6 Å². The third kappa shape index (κ3) is 1.58. The predicted octanol–water partition coefficient (Wildman–Crippen LogP) is 3.27. The maximum Gasteiger partial charge on any atom is 0.194 e. The molecule has 0 aromatic heterocycles. The van der Waals surface area contributed by atoms with Crippen LogP contribution in [0.5, 0.6) is 0 Å². The van der Waals surface area contributed by atoms with Gasteiger partial charge in [0.15, 0.2) is 11.6 Å². The van der Waals surface area contributed by atoms with Gasteiger partial charge in [0.05, 0.1) is 0 Å². The van der Waals surface area contributed by atoms with Gasteiger partial charge in [-0.2, -0.15) is 0 Å². The number of ketones is 2. The second-order valence-electron chi connectivity index (χ2n) is 4.41. The van der Waals surface area contributed by atoms with Crippen LogP contribution in [0.15, 0.2) is 59.7 Å². The van der Waals surface area contributed by atoms with Crippen LogP contribution in [0.1, 0.15) is 33.6 Å². The molecule has 0 bridgehead atoms. The maximum atomic E-state index is 12.4. The Morgan fingerprint density at radius 1 is 0.722 bits per heavy atom. The number of carbonyl (C=O) groups excluding carboxylic acids is 2. The summed E-state index contributed by atoms with van der Waals surface area (Å²) in [5.41, 5.74) is 2.07. The second-order valence-corrected chi connectivity index (χ2v) is 4.41. The van der Waals surface area contributed by atoms with E-state index in [1.54, 1.807) is 36.4 Å². The van der Waals surface area contributed by atoms with Crippen molar-refractivity contribution in [1.29, 1.82) is 0 Å². The molecule has 1 aromatic carbocycles. The number of allylic oxidation sites excluding steroid dienone is 6. The molecule has 0 unspecified atom stereocenters. The number of hydrogen-bond acceptors (Lipinski definition) is 2. The van der Waals surface area contributed by atoms with E-state index >= 15 is 0 Å². The van der Waals surface area contributed by atoms with Gasteiger partial charge in [-0.05, 0) is 12.8 Å². The van der Waals surface area contributed by atoms with E-state index in [4.69, 9.17) is 0 Å². The zero-order chi connectivity index (χ0) is 12.5. The number of carbonyl (C=O) groups is 2. The fraction of sp³-hybridized carbons (Fsp3) is 0.125. The van der Waals surface area contributed by atoms with Crippen LogP contribution in [0.25, 0.3) is 0 Å². The molecule has 0 fully saturated rings. The van der Waals surface area contributed by atoms with Crippen LogP contribution in [-0.2, 0) is 0 Å². The fourth-order valence-corrected chi connectivity index (χ4v) is 2.34. The molecular formula is C16H12O2. The molecule has 0 saturated heterocycles. The molecule has 0 spiro atoms. The van der Waals surface area contributed by atoms with E-state index in [-0.39, 0.29) is 11.6 Å². The standard InChI is InChI=1S/C16H12O2/c17-15-11-7-3-1-2-4-8-12(11)16(18)14-10-6-5-9-13(14)15/h3-10H,1-2H2/b7-3-,8-4-. The van der Waals surface area contributed by atoms with E-state index in [1.165, 1.54) is 0 Å². The highest BCUT2D eigenvalue weighted by Gasteiger charge is 2.29. The van der Waals surface area contributed by atoms with Gasteiger partial charge in [0.1, 0.15) is 0 Å². The summed E-state index contributed by atoms with van der Waals surface area (Å²) in [6.07, 6.45) is 9.28. The highest BCUT2D eigenvalue weighted by molar-refractivity contribution is 6.28. The summed E-state index contributed by atoms with van der Waals surface area (Å²) in [6.45, 7) is 0. The zero-order valence-corrected chi connectivity index (χ0v) is 9.85. The molecule has 0 atom stereocenters. The highest BCUT2D eigenvalue weighted by Crippen LogP contribution is 2.28. The number of fused-ring (bicyclic) bond motifs is 1. The van der Waals surface area contributed by atoms with E-state index in [1.807, 2.05) is 12.2 Å². The molecule has 18 heavy (non-hydrogen) atoms. The molecule has 0 radical (unpaired) electrons. The normalized spacial score (nSPS) is 21.8. The van der Waals surface area contributed by atoms with E-state index in [9.17, 15) is 9.59 Å². The fourth-order valence-electron chi connectivity index (χ4n) is 2.34. The van der Waals surface area contributed by atoms with Crippen LogP contribution >= 0.6 is 0 Å². The van der Waals surface area contributed by atoms with Crippen LogP contribution in [0.3, 0.4) is 0 Å². The van der Waals surface area contributed by atoms with Crippen molar-refractivity contribution < 1.29 is 9.59 Å². The summed E-state index contributed by atoms with van der Waals surface area (Å²) < 4.78 is 0. The third-order valence-electron chi connectivity index (χ3n) is 3.26. The highest BCUT2D eigenvalue weighted by atomic mass is 16.1. The summed E-state index contributed by atoms with van der Waals surface area (Å²) >= 11 is 0. The van der Waals surface area contributed by atoms with Crippen molar-refractivity contribution >= 4 is 11.6 Å². The van der Waals surface area contributed by atoms with Gasteiger partial charge in [-0.25, -0.2) is 0 Å². The number of benzene rings is 1. The van der Waals surface area contributed by atoms with Gasteiger partial charge in [0, 0.05) is 22.3 Å². The van der Waals surface area contributed by atoms with Crippen LogP contribution < -0.4 is 0 Å². The van der Waals surface area contributed by atoms with E-state index in [0.29, 0.717) is 22.3 Å². The monoisotopic (exact) mass is 236 g/mol. The molecule has 88 valence electrons. The molecule has 0 aliphatic heterocycles. The largest absolute Gasteiger partial charge is 0.289 e. The summed E-state index contributed by atoms with van der Waals surface area (Å²) in [5.74, 6) is -0.106. The molecule has 0 amide bonds. The third-order valence-corrected chi connectivity index (χ3v) is 3.26. The Hall–Kier alpha value is -2.22. The minimum absolute atomic E-state index is 0.0528. The van der Waals surface area contributed by atoms with Gasteiger partial charge in [0.25, 0.3) is 0 Å². The quantitative estimate of drug-likeness (QED) is 0.692. The van der Waals surface area contributed by atoms with E-state index < -0.39 is 0 Å². The first kappa shape index (κ1) is 10.9. The summed E-state index contributed by atoms with van der Waals surface area (Å²) in [6, 6.07) is 7.02. The summed E-state index contributed by atoms with van der Waals surface area (Å²) in [7, 11) is 0. The first-order chi connectivity index (χ1) is 8.79. The Balaban J connectivity index is 2.25. The SMILES string of the molecule is O=C1C2=C(/C=C\CC/C=C\2)C(=O)c2ccccc21. The molecule has 2 aliphatic rings. The molecule has 2 aliphatic carbocycles. The Bertz CT molecular complexity index is 575. The predicted molar refractivity (Wildman–Crippen MR) is 69.6 cm³/mol. The molecular weight excluding hydrogens is 224 g/mol. The minimum atomic E-state index is -0.0528. The summed E-state index contributed by atoms with van der Waals surface area (Å²) in [4.78, 5) is 24.7. The second kappa shape index (κ2) is 4.22. The van der Waals surface area contributed by atoms with Crippen molar-refractivity contribution in [3.8, 4) is 0 Å². The Labute approximate surface area is 105 Å². The van der Waals surface area contributed by atoms with Crippen molar-refractivity contribution in [1.82, 2.24) is 0 Å². The van der Waals surface area contributed by atoms with Gasteiger partial charge < -0.3 is 0 Å². The number of rotatable bonds is 0. The topological polar surface area (TPSA) is 34.1 Å². The molecule has 0 saturated carbocycles. The lowest BCUT2D eigenvalue weighted by Crippen LogP contribution is -2.20. The average molecular weight is 236 g/mol. The van der Waals surface area contributed by atoms with Gasteiger partial charge in [-0.3, -0.25) is 9.59 Å². The van der Waals surface area contributed by atoms with Crippen molar-refractivity contribution in [2.24, 2.45) is 0 Å². The van der Waals surface area contributed by atoms with Crippen LogP contribution in [-0.4, -0.2) is 11.6 Å². The lowest BCUT2D eigenvalue weighted by molar-refractivity contribution is 0.0980. The van der Waals surface area contributed by atoms with Crippen molar-refractivity contribution in [2.45, 2.75) is 12.8 Å². The maximum absolute atomic E-state index is 12.4. The Morgan fingerprint density at radius 2 is 1.17 bits per heavy atom. The van der Waals surface area contributed by atoms with Gasteiger partial charge >= 0.3 is 0 Å². The Morgan fingerprint density at radius 3 is 1.61 bits per heavy atom. The molecule has 0 heterocycles. The smallest absolute Gasteiger partial charge is 0.194 e. The molecule has 0 N–H and O–H groups in total. The zero-order valence-electron chi connectivity index (χ0n) is 9.85. The van der Waals surface area contributed by atoms with Crippen LogP contribution in [0.4, 0.5) is 0 Å². The van der Waals surface area contributed by atoms with Crippen molar-refractivity contribution in [2.75, 3.05) is 0 Å². The minimum Gasteiger partial charge on any atom is -0.289 e. The lowest BCUT2D eigenvalue weighted by atomic mass is 9.83. The first-order valence-electron chi connectivity index (χ1n) is 6.05. The van der Waals surface area contributed by atoms with Gasteiger partial charge in [-0.15, -0.1) is 0 Å². The molecule has 2 heteroatoms. The Kier molecular flexibility index (Phi) is 2.56. The van der Waals surface area contributed by atoms with Crippen LogP contribution in [0, 0.1) is 0 Å². The summed E-state index contributed by atoms with van der Waals surface area (Å²) in [5, 5.41) is 0. The lowest BCUT2D eigenvalue weighted by Gasteiger charge is -2.18. The van der Waals surface area contributed by atoms with E-state index in [2.05, 4.69) is 0 Å². The number of hydrogen-bond donors (Lipinski definition) is 0. The first-order valence-corrected chi connectivity index (χ1v) is 6.05. The van der Waals surface area contributed by atoms with Crippen molar-refractivity contribution in [3.63, 3.8) is 0 Å². The van der Waals surface area contributed by atoms with Crippen LogP contribution in [0.2, 0.25) is 0 Å².